The highest BCUT2D eigenvalue weighted by molar-refractivity contribution is 5.91. The summed E-state index contributed by atoms with van der Waals surface area (Å²) in [5.41, 5.74) is 1.41. The Balaban J connectivity index is 2.22. The van der Waals surface area contributed by atoms with Crippen LogP contribution in [0.15, 0.2) is 48.5 Å². The standard InChI is InChI=1S/C16H11N3O4/c20-9-13-15(10-4-2-1-3-5-10)19(18-17-13)11-6-7-14(21)12(8-11)16(22)23/h1-9,21H,(H,22,23). The first-order valence-electron chi connectivity index (χ1n) is 6.65. The van der Waals surface area contributed by atoms with Crippen molar-refractivity contribution in [2.75, 3.05) is 0 Å². The molecule has 0 bridgehead atoms. The van der Waals surface area contributed by atoms with Gasteiger partial charge in [-0.25, -0.2) is 9.48 Å². The third kappa shape index (κ3) is 2.55. The van der Waals surface area contributed by atoms with Crippen LogP contribution in [0.3, 0.4) is 0 Å². The largest absolute Gasteiger partial charge is 0.507 e. The molecule has 0 unspecified atom stereocenters. The molecule has 0 aliphatic carbocycles. The highest BCUT2D eigenvalue weighted by Gasteiger charge is 2.18. The van der Waals surface area contributed by atoms with Gasteiger partial charge in [-0.05, 0) is 18.2 Å². The molecule has 23 heavy (non-hydrogen) atoms. The van der Waals surface area contributed by atoms with E-state index in [1.54, 1.807) is 24.3 Å². The molecule has 0 saturated carbocycles. The van der Waals surface area contributed by atoms with Gasteiger partial charge in [0.15, 0.2) is 12.0 Å². The number of aromatic nitrogens is 3. The zero-order chi connectivity index (χ0) is 16.4. The number of carbonyl (C=O) groups excluding carboxylic acids is 1. The van der Waals surface area contributed by atoms with E-state index in [4.69, 9.17) is 5.11 Å². The van der Waals surface area contributed by atoms with Gasteiger partial charge in [-0.1, -0.05) is 35.5 Å². The molecule has 0 aliphatic heterocycles. The summed E-state index contributed by atoms with van der Waals surface area (Å²) >= 11 is 0. The molecule has 0 atom stereocenters. The highest BCUT2D eigenvalue weighted by Crippen LogP contribution is 2.27. The van der Waals surface area contributed by atoms with Crippen molar-refractivity contribution in [3.8, 4) is 22.7 Å². The van der Waals surface area contributed by atoms with Crippen LogP contribution in [0, 0.1) is 0 Å². The molecule has 0 aliphatic rings. The van der Waals surface area contributed by atoms with Crippen LogP contribution in [0.5, 0.6) is 5.75 Å². The van der Waals surface area contributed by atoms with E-state index in [1.807, 2.05) is 6.07 Å². The SMILES string of the molecule is O=Cc1nnn(-c2ccc(O)c(C(=O)O)c2)c1-c1ccccc1. The molecule has 1 aromatic heterocycles. The predicted molar refractivity (Wildman–Crippen MR) is 80.8 cm³/mol. The molecular weight excluding hydrogens is 298 g/mol. The first-order chi connectivity index (χ1) is 11.1. The van der Waals surface area contributed by atoms with Crippen molar-refractivity contribution in [1.82, 2.24) is 15.0 Å². The third-order valence-electron chi connectivity index (χ3n) is 3.31. The minimum absolute atomic E-state index is 0.140. The van der Waals surface area contributed by atoms with Crippen molar-refractivity contribution >= 4 is 12.3 Å². The summed E-state index contributed by atoms with van der Waals surface area (Å²) in [6.07, 6.45) is 0.588. The second-order valence-corrected chi connectivity index (χ2v) is 4.73. The molecule has 2 N–H and O–H groups in total. The molecule has 3 aromatic rings. The monoisotopic (exact) mass is 309 g/mol. The Bertz CT molecular complexity index is 888. The van der Waals surface area contributed by atoms with E-state index in [-0.39, 0.29) is 17.0 Å². The van der Waals surface area contributed by atoms with Crippen LogP contribution in [0.1, 0.15) is 20.8 Å². The van der Waals surface area contributed by atoms with Crippen molar-refractivity contribution in [3.05, 3.63) is 59.8 Å². The number of benzene rings is 2. The number of aromatic hydroxyl groups is 1. The second kappa shape index (κ2) is 5.72. The van der Waals surface area contributed by atoms with Crippen LogP contribution in [0.25, 0.3) is 16.9 Å². The molecule has 2 aromatic carbocycles. The molecule has 3 rings (SSSR count). The Hall–Kier alpha value is -3.48. The van der Waals surface area contributed by atoms with Gasteiger partial charge < -0.3 is 10.2 Å². The van der Waals surface area contributed by atoms with Gasteiger partial charge in [0.05, 0.1) is 5.69 Å². The number of phenols is 1. The average Bonchev–Trinajstić information content (AvgIpc) is 2.99. The molecule has 0 saturated heterocycles. The maximum atomic E-state index is 11.2. The van der Waals surface area contributed by atoms with Crippen LogP contribution in [0.4, 0.5) is 0 Å². The van der Waals surface area contributed by atoms with Gasteiger partial charge in [0.25, 0.3) is 0 Å². The number of aldehydes is 1. The van der Waals surface area contributed by atoms with E-state index < -0.39 is 5.97 Å². The van der Waals surface area contributed by atoms with Crippen LogP contribution in [-0.4, -0.2) is 37.5 Å². The fourth-order valence-corrected chi connectivity index (χ4v) is 2.25. The summed E-state index contributed by atoms with van der Waals surface area (Å²) in [5, 5.41) is 26.5. The molecular formula is C16H11N3O4. The van der Waals surface area contributed by atoms with Crippen molar-refractivity contribution in [3.63, 3.8) is 0 Å². The van der Waals surface area contributed by atoms with Crippen LogP contribution >= 0.6 is 0 Å². The summed E-state index contributed by atoms with van der Waals surface area (Å²) < 4.78 is 1.37. The lowest BCUT2D eigenvalue weighted by atomic mass is 10.1. The summed E-state index contributed by atoms with van der Waals surface area (Å²) in [6, 6.07) is 13.1. The summed E-state index contributed by atoms with van der Waals surface area (Å²) in [5.74, 6) is -1.61. The van der Waals surface area contributed by atoms with E-state index in [0.717, 1.165) is 0 Å². The lowest BCUT2D eigenvalue weighted by molar-refractivity contribution is 0.0693. The van der Waals surface area contributed by atoms with Gasteiger partial charge in [0, 0.05) is 5.56 Å². The number of hydrogen-bond acceptors (Lipinski definition) is 5. The van der Waals surface area contributed by atoms with E-state index in [9.17, 15) is 14.7 Å². The number of carboxylic acids is 1. The Kier molecular flexibility index (Phi) is 3.60. The van der Waals surface area contributed by atoms with Crippen LogP contribution in [0.2, 0.25) is 0 Å². The van der Waals surface area contributed by atoms with Gasteiger partial charge in [-0.15, -0.1) is 5.10 Å². The van der Waals surface area contributed by atoms with E-state index in [0.29, 0.717) is 23.2 Å². The minimum Gasteiger partial charge on any atom is -0.507 e. The lowest BCUT2D eigenvalue weighted by Gasteiger charge is -2.08. The smallest absolute Gasteiger partial charge is 0.339 e. The summed E-state index contributed by atoms with van der Waals surface area (Å²) in [7, 11) is 0. The average molecular weight is 309 g/mol. The van der Waals surface area contributed by atoms with Crippen molar-refractivity contribution in [1.29, 1.82) is 0 Å². The van der Waals surface area contributed by atoms with E-state index >= 15 is 0 Å². The maximum Gasteiger partial charge on any atom is 0.339 e. The molecule has 1 heterocycles. The number of carboxylic acid groups (broad SMARTS) is 1. The zero-order valence-electron chi connectivity index (χ0n) is 11.7. The molecule has 114 valence electrons. The summed E-state index contributed by atoms with van der Waals surface area (Å²) in [6.45, 7) is 0. The van der Waals surface area contributed by atoms with Crippen molar-refractivity contribution in [2.45, 2.75) is 0 Å². The maximum absolute atomic E-state index is 11.2. The molecule has 7 heteroatoms. The highest BCUT2D eigenvalue weighted by atomic mass is 16.4. The van der Waals surface area contributed by atoms with E-state index in [1.165, 1.54) is 22.9 Å². The number of hydrogen-bond donors (Lipinski definition) is 2. The van der Waals surface area contributed by atoms with Crippen molar-refractivity contribution in [2.24, 2.45) is 0 Å². The Morgan fingerprint density at radius 2 is 1.87 bits per heavy atom. The molecule has 0 amide bonds. The fourth-order valence-electron chi connectivity index (χ4n) is 2.25. The number of nitrogens with zero attached hydrogens (tertiary/aromatic N) is 3. The van der Waals surface area contributed by atoms with Crippen LogP contribution in [-0.2, 0) is 0 Å². The van der Waals surface area contributed by atoms with E-state index in [2.05, 4.69) is 10.3 Å². The number of rotatable bonds is 4. The summed E-state index contributed by atoms with van der Waals surface area (Å²) in [4.78, 5) is 22.4. The lowest BCUT2D eigenvalue weighted by Crippen LogP contribution is -2.03. The first-order valence-corrected chi connectivity index (χ1v) is 6.65. The Morgan fingerprint density at radius 3 is 2.52 bits per heavy atom. The molecule has 0 spiro atoms. The predicted octanol–water partition coefficient (Wildman–Crippen LogP) is 2.15. The zero-order valence-corrected chi connectivity index (χ0v) is 11.7. The van der Waals surface area contributed by atoms with Crippen molar-refractivity contribution < 1.29 is 19.8 Å². The number of aromatic carboxylic acids is 1. The molecule has 0 radical (unpaired) electrons. The Morgan fingerprint density at radius 1 is 1.13 bits per heavy atom. The number of carbonyl (C=O) groups is 2. The van der Waals surface area contributed by atoms with Gasteiger partial charge >= 0.3 is 5.97 Å². The normalized spacial score (nSPS) is 10.4. The quantitative estimate of drug-likeness (QED) is 0.715. The Labute approximate surface area is 130 Å². The minimum atomic E-state index is -1.26. The first kappa shape index (κ1) is 14.5. The second-order valence-electron chi connectivity index (χ2n) is 4.73. The van der Waals surface area contributed by atoms with Gasteiger partial charge in [-0.3, -0.25) is 4.79 Å². The van der Waals surface area contributed by atoms with Crippen LogP contribution < -0.4 is 0 Å². The molecule has 0 fully saturated rings. The van der Waals surface area contributed by atoms with Gasteiger partial charge in [0.1, 0.15) is 17.0 Å². The van der Waals surface area contributed by atoms with Gasteiger partial charge in [0.2, 0.25) is 0 Å². The fraction of sp³-hybridized carbons (Fsp3) is 0. The van der Waals surface area contributed by atoms with Gasteiger partial charge in [-0.2, -0.15) is 0 Å². The molecule has 7 nitrogen and oxygen atoms in total. The topological polar surface area (TPSA) is 105 Å². The third-order valence-corrected chi connectivity index (χ3v) is 3.31.